The topological polar surface area (TPSA) is 152 Å². The van der Waals surface area contributed by atoms with Crippen LogP contribution in [0.5, 0.6) is 0 Å². The third-order valence-corrected chi connectivity index (χ3v) is 5.85. The standard InChI is InChI=1S/C20H19N3O8S/c1-10(24)30-8-13-9-32-19-15(18(27)23(19)16(13)20(28)29)21-17(26)14(22-31-11(2)25)12-6-4-3-5-7-12/h3-7,15,19H,8-9H2,1-2H3,(H,21,26)(H,28,29)/t15-,19+/m1/s1. The first kappa shape index (κ1) is 23.0. The molecule has 0 saturated carbocycles. The summed E-state index contributed by atoms with van der Waals surface area (Å²) in [5.41, 5.74) is 0.175. The maximum atomic E-state index is 12.8. The van der Waals surface area contributed by atoms with E-state index < -0.39 is 41.1 Å². The lowest BCUT2D eigenvalue weighted by atomic mass is 10.0. The third kappa shape index (κ3) is 4.80. The summed E-state index contributed by atoms with van der Waals surface area (Å²) in [6, 6.07) is 7.20. The molecule has 0 aromatic heterocycles. The molecule has 12 heteroatoms. The van der Waals surface area contributed by atoms with Crippen molar-refractivity contribution in [3.05, 3.63) is 47.2 Å². The number of carbonyl (C=O) groups excluding carboxylic acids is 4. The van der Waals surface area contributed by atoms with Crippen LogP contribution in [0.2, 0.25) is 0 Å². The third-order valence-electron chi connectivity index (χ3n) is 4.51. The van der Waals surface area contributed by atoms with Crippen LogP contribution in [0.15, 0.2) is 46.8 Å². The summed E-state index contributed by atoms with van der Waals surface area (Å²) >= 11 is 1.23. The van der Waals surface area contributed by atoms with E-state index in [-0.39, 0.29) is 29.3 Å². The molecule has 2 heterocycles. The highest BCUT2D eigenvalue weighted by Gasteiger charge is 2.54. The average molecular weight is 461 g/mol. The molecular weight excluding hydrogens is 442 g/mol. The van der Waals surface area contributed by atoms with Gasteiger partial charge in [0, 0.05) is 30.7 Å². The molecule has 2 aliphatic heterocycles. The summed E-state index contributed by atoms with van der Waals surface area (Å²) in [6.45, 7) is 2.08. The van der Waals surface area contributed by atoms with Crippen molar-refractivity contribution >= 4 is 47.2 Å². The number of nitrogens with one attached hydrogen (secondary N) is 1. The van der Waals surface area contributed by atoms with Gasteiger partial charge in [-0.15, -0.1) is 11.8 Å². The van der Waals surface area contributed by atoms with Crippen molar-refractivity contribution in [2.75, 3.05) is 12.4 Å². The molecule has 1 aromatic carbocycles. The molecule has 0 aliphatic carbocycles. The number of rotatable bonds is 7. The zero-order valence-corrected chi connectivity index (χ0v) is 17.9. The minimum atomic E-state index is -1.34. The van der Waals surface area contributed by atoms with Crippen molar-refractivity contribution in [2.24, 2.45) is 5.16 Å². The molecule has 2 aliphatic rings. The number of amides is 2. The van der Waals surface area contributed by atoms with Gasteiger partial charge in [-0.05, 0) is 0 Å². The second kappa shape index (κ2) is 9.64. The lowest BCUT2D eigenvalue weighted by Gasteiger charge is -2.49. The van der Waals surface area contributed by atoms with Crippen LogP contribution in [0, 0.1) is 0 Å². The first-order chi connectivity index (χ1) is 15.2. The number of hydrogen-bond donors (Lipinski definition) is 2. The molecule has 0 radical (unpaired) electrons. The quantitative estimate of drug-likeness (QED) is 0.191. The maximum Gasteiger partial charge on any atom is 0.352 e. The van der Waals surface area contributed by atoms with Crippen molar-refractivity contribution in [1.82, 2.24) is 10.2 Å². The molecule has 168 valence electrons. The van der Waals surface area contributed by atoms with Gasteiger partial charge < -0.3 is 20.0 Å². The Kier molecular flexibility index (Phi) is 6.93. The number of thioether (sulfide) groups is 1. The number of esters is 1. The van der Waals surface area contributed by atoms with E-state index in [4.69, 9.17) is 4.74 Å². The lowest BCUT2D eigenvalue weighted by molar-refractivity contribution is -0.150. The van der Waals surface area contributed by atoms with Gasteiger partial charge in [0.15, 0.2) is 5.71 Å². The highest BCUT2D eigenvalue weighted by molar-refractivity contribution is 8.00. The molecule has 1 aromatic rings. The van der Waals surface area contributed by atoms with Crippen LogP contribution >= 0.6 is 11.8 Å². The van der Waals surface area contributed by atoms with E-state index in [0.717, 1.165) is 11.8 Å². The van der Waals surface area contributed by atoms with Crippen LogP contribution in [0.4, 0.5) is 0 Å². The van der Waals surface area contributed by atoms with Gasteiger partial charge in [0.25, 0.3) is 11.8 Å². The van der Waals surface area contributed by atoms with E-state index >= 15 is 0 Å². The highest BCUT2D eigenvalue weighted by Crippen LogP contribution is 2.40. The van der Waals surface area contributed by atoms with Gasteiger partial charge in [-0.25, -0.2) is 9.59 Å². The molecule has 0 spiro atoms. The van der Waals surface area contributed by atoms with Crippen molar-refractivity contribution in [2.45, 2.75) is 25.3 Å². The fraction of sp³-hybridized carbons (Fsp3) is 0.300. The number of benzene rings is 1. The van der Waals surface area contributed by atoms with E-state index in [0.29, 0.717) is 5.56 Å². The number of β-lactam (4-membered cyclic amide) rings is 1. The largest absolute Gasteiger partial charge is 0.477 e. The van der Waals surface area contributed by atoms with Gasteiger partial charge in [-0.3, -0.25) is 19.3 Å². The molecule has 1 fully saturated rings. The van der Waals surface area contributed by atoms with E-state index in [9.17, 15) is 29.1 Å². The molecule has 2 amide bonds. The smallest absolute Gasteiger partial charge is 0.352 e. The predicted molar refractivity (Wildman–Crippen MR) is 111 cm³/mol. The van der Waals surface area contributed by atoms with Crippen molar-refractivity contribution in [3.63, 3.8) is 0 Å². The second-order valence-electron chi connectivity index (χ2n) is 6.79. The van der Waals surface area contributed by atoms with Crippen LogP contribution in [-0.2, 0) is 33.5 Å². The Morgan fingerprint density at radius 3 is 2.47 bits per heavy atom. The number of aliphatic carboxylic acids is 1. The van der Waals surface area contributed by atoms with Gasteiger partial charge in [0.2, 0.25) is 0 Å². The number of ether oxygens (including phenoxy) is 1. The van der Waals surface area contributed by atoms with Gasteiger partial charge in [0.1, 0.15) is 23.7 Å². The monoisotopic (exact) mass is 461 g/mol. The molecule has 11 nitrogen and oxygen atoms in total. The Morgan fingerprint density at radius 2 is 1.88 bits per heavy atom. The Balaban J connectivity index is 1.79. The summed E-state index contributed by atoms with van der Waals surface area (Å²) in [4.78, 5) is 65.2. The van der Waals surface area contributed by atoms with Crippen LogP contribution in [0.25, 0.3) is 0 Å². The van der Waals surface area contributed by atoms with Crippen molar-refractivity contribution in [1.29, 1.82) is 0 Å². The average Bonchev–Trinajstić information content (AvgIpc) is 2.75. The molecule has 1 saturated heterocycles. The Labute approximate surface area is 186 Å². The minimum absolute atomic E-state index is 0.197. The Bertz CT molecular complexity index is 1040. The highest BCUT2D eigenvalue weighted by atomic mass is 32.2. The summed E-state index contributed by atoms with van der Waals surface area (Å²) < 4.78 is 4.88. The molecule has 0 unspecified atom stereocenters. The number of nitrogens with zero attached hydrogens (tertiary/aromatic N) is 2. The number of fused-ring (bicyclic) bond motifs is 1. The normalized spacial score (nSPS) is 20.1. The molecule has 2 N–H and O–H groups in total. The molecule has 0 bridgehead atoms. The van der Waals surface area contributed by atoms with Gasteiger partial charge >= 0.3 is 17.9 Å². The van der Waals surface area contributed by atoms with E-state index in [2.05, 4.69) is 15.3 Å². The maximum absolute atomic E-state index is 12.8. The van der Waals surface area contributed by atoms with E-state index in [1.807, 2.05) is 0 Å². The number of carboxylic acids is 1. The number of hydrogen-bond acceptors (Lipinski definition) is 9. The zero-order valence-electron chi connectivity index (χ0n) is 17.1. The van der Waals surface area contributed by atoms with Crippen molar-refractivity contribution < 1.29 is 38.7 Å². The summed E-state index contributed by atoms with van der Waals surface area (Å²) in [5, 5.41) is 15.1. The number of carboxylic acid groups (broad SMARTS) is 1. The van der Waals surface area contributed by atoms with Crippen LogP contribution in [0.1, 0.15) is 19.4 Å². The van der Waals surface area contributed by atoms with Gasteiger partial charge in [-0.2, -0.15) is 0 Å². The Morgan fingerprint density at radius 1 is 1.19 bits per heavy atom. The number of carbonyl (C=O) groups is 5. The molecule has 32 heavy (non-hydrogen) atoms. The van der Waals surface area contributed by atoms with Gasteiger partial charge in [0.05, 0.1) is 0 Å². The first-order valence-electron chi connectivity index (χ1n) is 9.36. The lowest BCUT2D eigenvalue weighted by Crippen LogP contribution is -2.71. The fourth-order valence-electron chi connectivity index (χ4n) is 3.12. The molecular formula is C20H19N3O8S. The molecule has 3 rings (SSSR count). The van der Waals surface area contributed by atoms with E-state index in [1.165, 1.54) is 18.7 Å². The first-order valence-corrected chi connectivity index (χ1v) is 10.4. The second-order valence-corrected chi connectivity index (χ2v) is 7.89. The van der Waals surface area contributed by atoms with Crippen molar-refractivity contribution in [3.8, 4) is 0 Å². The minimum Gasteiger partial charge on any atom is -0.477 e. The van der Waals surface area contributed by atoms with Crippen LogP contribution in [0.3, 0.4) is 0 Å². The zero-order chi connectivity index (χ0) is 23.4. The predicted octanol–water partition coefficient (Wildman–Crippen LogP) is 0.256. The van der Waals surface area contributed by atoms with E-state index in [1.54, 1.807) is 30.3 Å². The van der Waals surface area contributed by atoms with Crippen LogP contribution in [-0.4, -0.2) is 69.2 Å². The molecule has 2 atom stereocenters. The summed E-state index contributed by atoms with van der Waals surface area (Å²) in [5.74, 6) is -3.83. The SMILES string of the molecule is CC(=O)OCC1=C(C(=O)O)N2C(=O)[C@@H](NC(=O)C(=NOC(C)=O)c3ccccc3)[C@@H]2SC1. The summed E-state index contributed by atoms with van der Waals surface area (Å²) in [7, 11) is 0. The fourth-order valence-corrected chi connectivity index (χ4v) is 4.45. The van der Waals surface area contributed by atoms with Crippen LogP contribution < -0.4 is 5.32 Å². The number of oxime groups is 1. The Hall–Kier alpha value is -3.67. The summed E-state index contributed by atoms with van der Waals surface area (Å²) in [6.07, 6.45) is 0. The van der Waals surface area contributed by atoms with Gasteiger partial charge in [-0.1, -0.05) is 35.5 Å².